The number of carbonyl (C=O) groups is 2. The van der Waals surface area contributed by atoms with Gasteiger partial charge in [-0.25, -0.2) is 4.79 Å². The van der Waals surface area contributed by atoms with Gasteiger partial charge in [-0.3, -0.25) is 4.79 Å². The summed E-state index contributed by atoms with van der Waals surface area (Å²) in [6, 6.07) is 14.9. The van der Waals surface area contributed by atoms with E-state index in [4.69, 9.17) is 5.73 Å². The maximum Gasteiger partial charge on any atom is 0.321 e. The molecular weight excluding hydrogens is 328 g/mol. The zero-order valence-corrected chi connectivity index (χ0v) is 14.9. The minimum Gasteiger partial charge on any atom is -0.335 e. The smallest absolute Gasteiger partial charge is 0.321 e. The molecule has 1 heterocycles. The standard InChI is InChI=1S/C20H24N4O2/c1-15-3-2-4-18(13-15)22-20(26)24-11-9-23(10-12-24)19(25)17-7-5-16(14-21)6-8-17/h2-8,13H,9-12,14,21H2,1H3,(H,22,26). The molecule has 2 aromatic rings. The van der Waals surface area contributed by atoms with Crippen molar-refractivity contribution in [1.82, 2.24) is 9.80 Å². The van der Waals surface area contributed by atoms with Crippen molar-refractivity contribution in [3.8, 4) is 0 Å². The number of urea groups is 1. The second-order valence-electron chi connectivity index (χ2n) is 6.48. The molecule has 0 unspecified atom stereocenters. The highest BCUT2D eigenvalue weighted by atomic mass is 16.2. The number of hydrogen-bond acceptors (Lipinski definition) is 3. The van der Waals surface area contributed by atoms with Crippen LogP contribution in [0.4, 0.5) is 10.5 Å². The third-order valence-electron chi connectivity index (χ3n) is 4.56. The summed E-state index contributed by atoms with van der Waals surface area (Å²) in [4.78, 5) is 28.5. The van der Waals surface area contributed by atoms with Crippen LogP contribution >= 0.6 is 0 Å². The van der Waals surface area contributed by atoms with E-state index in [0.717, 1.165) is 16.8 Å². The third-order valence-corrected chi connectivity index (χ3v) is 4.56. The van der Waals surface area contributed by atoms with E-state index in [9.17, 15) is 9.59 Å². The Hall–Kier alpha value is -2.86. The highest BCUT2D eigenvalue weighted by Crippen LogP contribution is 2.13. The van der Waals surface area contributed by atoms with E-state index in [2.05, 4.69) is 5.32 Å². The molecule has 3 N–H and O–H groups in total. The predicted molar refractivity (Wildman–Crippen MR) is 102 cm³/mol. The molecular formula is C20H24N4O2. The molecule has 0 aromatic heterocycles. The first-order chi connectivity index (χ1) is 12.6. The van der Waals surface area contributed by atoms with Gasteiger partial charge in [0.15, 0.2) is 0 Å². The molecule has 6 heteroatoms. The number of nitrogens with two attached hydrogens (primary N) is 1. The number of anilines is 1. The topological polar surface area (TPSA) is 78.7 Å². The van der Waals surface area contributed by atoms with Crippen LogP contribution in [0.1, 0.15) is 21.5 Å². The fourth-order valence-corrected chi connectivity index (χ4v) is 3.00. The Morgan fingerprint density at radius 1 is 1.00 bits per heavy atom. The molecule has 6 nitrogen and oxygen atoms in total. The van der Waals surface area contributed by atoms with Gasteiger partial charge in [0, 0.05) is 44.0 Å². The fourth-order valence-electron chi connectivity index (χ4n) is 3.00. The summed E-state index contributed by atoms with van der Waals surface area (Å²) in [5.74, 6) is -0.00712. The minimum absolute atomic E-state index is 0.00712. The normalized spacial score (nSPS) is 14.2. The number of benzene rings is 2. The predicted octanol–water partition coefficient (Wildman–Crippen LogP) is 2.44. The number of aryl methyl sites for hydroxylation is 1. The quantitative estimate of drug-likeness (QED) is 0.890. The minimum atomic E-state index is -0.130. The van der Waals surface area contributed by atoms with Crippen LogP contribution in [0.2, 0.25) is 0 Å². The molecule has 3 amide bonds. The van der Waals surface area contributed by atoms with E-state index in [1.54, 1.807) is 21.9 Å². The lowest BCUT2D eigenvalue weighted by Crippen LogP contribution is -2.51. The van der Waals surface area contributed by atoms with Gasteiger partial charge in [-0.1, -0.05) is 24.3 Å². The first kappa shape index (κ1) is 17.9. The summed E-state index contributed by atoms with van der Waals surface area (Å²) in [7, 11) is 0. The van der Waals surface area contributed by atoms with Gasteiger partial charge < -0.3 is 20.9 Å². The summed E-state index contributed by atoms with van der Waals surface area (Å²) in [6.07, 6.45) is 0. The molecule has 0 saturated carbocycles. The van der Waals surface area contributed by atoms with Gasteiger partial charge in [-0.15, -0.1) is 0 Å². The molecule has 0 spiro atoms. The first-order valence-corrected chi connectivity index (χ1v) is 8.77. The Kier molecular flexibility index (Phi) is 5.53. The lowest BCUT2D eigenvalue weighted by Gasteiger charge is -2.34. The number of piperazine rings is 1. The third kappa shape index (κ3) is 4.21. The van der Waals surface area contributed by atoms with Crippen molar-refractivity contribution in [2.75, 3.05) is 31.5 Å². The zero-order valence-electron chi connectivity index (χ0n) is 14.9. The number of hydrogen-bond donors (Lipinski definition) is 2. The molecule has 0 radical (unpaired) electrons. The van der Waals surface area contributed by atoms with Crippen LogP contribution < -0.4 is 11.1 Å². The van der Waals surface area contributed by atoms with Crippen LogP contribution in [0, 0.1) is 6.92 Å². The van der Waals surface area contributed by atoms with Gasteiger partial charge in [-0.05, 0) is 42.3 Å². The number of nitrogens with zero attached hydrogens (tertiary/aromatic N) is 2. The zero-order chi connectivity index (χ0) is 18.5. The molecule has 26 heavy (non-hydrogen) atoms. The average molecular weight is 352 g/mol. The highest BCUT2D eigenvalue weighted by molar-refractivity contribution is 5.94. The van der Waals surface area contributed by atoms with Crippen LogP contribution in [0.25, 0.3) is 0 Å². The number of rotatable bonds is 3. The van der Waals surface area contributed by atoms with Gasteiger partial charge in [0.2, 0.25) is 0 Å². The van der Waals surface area contributed by atoms with Crippen LogP contribution in [-0.4, -0.2) is 47.9 Å². The van der Waals surface area contributed by atoms with Crippen LogP contribution in [0.15, 0.2) is 48.5 Å². The van der Waals surface area contributed by atoms with Crippen molar-refractivity contribution in [2.24, 2.45) is 5.73 Å². The van der Waals surface area contributed by atoms with E-state index < -0.39 is 0 Å². The SMILES string of the molecule is Cc1cccc(NC(=O)N2CCN(C(=O)c3ccc(CN)cc3)CC2)c1. The first-order valence-electron chi connectivity index (χ1n) is 8.77. The van der Waals surface area contributed by atoms with E-state index in [-0.39, 0.29) is 11.9 Å². The van der Waals surface area contributed by atoms with Gasteiger partial charge in [0.05, 0.1) is 0 Å². The molecule has 1 saturated heterocycles. The second-order valence-corrected chi connectivity index (χ2v) is 6.48. The van der Waals surface area contributed by atoms with E-state index >= 15 is 0 Å². The molecule has 0 bridgehead atoms. The Balaban J connectivity index is 1.54. The van der Waals surface area contributed by atoms with Crippen molar-refractivity contribution in [3.05, 3.63) is 65.2 Å². The van der Waals surface area contributed by atoms with Crippen molar-refractivity contribution >= 4 is 17.6 Å². The van der Waals surface area contributed by atoms with Crippen LogP contribution in [0.5, 0.6) is 0 Å². The largest absolute Gasteiger partial charge is 0.335 e. The number of amides is 3. The van der Waals surface area contributed by atoms with Crippen molar-refractivity contribution in [2.45, 2.75) is 13.5 Å². The fraction of sp³-hybridized carbons (Fsp3) is 0.300. The Bertz CT molecular complexity index is 781. The lowest BCUT2D eigenvalue weighted by molar-refractivity contribution is 0.0671. The maximum absolute atomic E-state index is 12.6. The lowest BCUT2D eigenvalue weighted by atomic mass is 10.1. The van der Waals surface area contributed by atoms with E-state index in [1.807, 2.05) is 43.3 Å². The number of carbonyl (C=O) groups excluding carboxylic acids is 2. The summed E-state index contributed by atoms with van der Waals surface area (Å²) in [5.41, 5.74) is 9.12. The number of nitrogens with one attached hydrogen (secondary N) is 1. The van der Waals surface area contributed by atoms with Crippen molar-refractivity contribution in [1.29, 1.82) is 0 Å². The maximum atomic E-state index is 12.6. The molecule has 1 aliphatic rings. The Morgan fingerprint density at radius 2 is 1.65 bits per heavy atom. The van der Waals surface area contributed by atoms with Crippen LogP contribution in [-0.2, 0) is 6.54 Å². The summed E-state index contributed by atoms with van der Waals surface area (Å²) >= 11 is 0. The van der Waals surface area contributed by atoms with Crippen molar-refractivity contribution in [3.63, 3.8) is 0 Å². The second kappa shape index (κ2) is 8.01. The average Bonchev–Trinajstić information content (AvgIpc) is 2.67. The molecule has 2 aromatic carbocycles. The van der Waals surface area contributed by atoms with Gasteiger partial charge in [0.1, 0.15) is 0 Å². The van der Waals surface area contributed by atoms with Crippen LogP contribution in [0.3, 0.4) is 0 Å². The van der Waals surface area contributed by atoms with Crippen molar-refractivity contribution < 1.29 is 9.59 Å². The monoisotopic (exact) mass is 352 g/mol. The Morgan fingerprint density at radius 3 is 2.27 bits per heavy atom. The molecule has 0 aliphatic carbocycles. The summed E-state index contributed by atoms with van der Waals surface area (Å²) < 4.78 is 0. The van der Waals surface area contributed by atoms with Gasteiger partial charge >= 0.3 is 6.03 Å². The molecule has 136 valence electrons. The molecule has 1 fully saturated rings. The summed E-state index contributed by atoms with van der Waals surface area (Å²) in [6.45, 7) is 4.54. The molecule has 3 rings (SSSR count). The van der Waals surface area contributed by atoms with E-state index in [1.165, 1.54) is 0 Å². The van der Waals surface area contributed by atoms with Gasteiger partial charge in [-0.2, -0.15) is 0 Å². The summed E-state index contributed by atoms with van der Waals surface area (Å²) in [5, 5.41) is 2.91. The Labute approximate surface area is 153 Å². The highest BCUT2D eigenvalue weighted by Gasteiger charge is 2.24. The van der Waals surface area contributed by atoms with E-state index in [0.29, 0.717) is 38.3 Å². The molecule has 0 atom stereocenters. The van der Waals surface area contributed by atoms with Gasteiger partial charge in [0.25, 0.3) is 5.91 Å². The molecule has 1 aliphatic heterocycles.